The molecule has 4 atom stereocenters. The maximum atomic E-state index is 2.50. The smallest absolute Gasteiger partial charge is 0.0386 e. The molecule has 1 fully saturated rings. The fourth-order valence-corrected chi connectivity index (χ4v) is 7.12. The second-order valence-electron chi connectivity index (χ2n) is 13.4. The minimum absolute atomic E-state index is 0.953. The Bertz CT molecular complexity index is 426. The lowest BCUT2D eigenvalue weighted by Gasteiger charge is -2.31. The van der Waals surface area contributed by atoms with Crippen LogP contribution in [0, 0.1) is 23.7 Å². The quantitative estimate of drug-likeness (QED) is 0.103. The lowest BCUT2D eigenvalue weighted by molar-refractivity contribution is 0.203. The van der Waals surface area contributed by atoms with Gasteiger partial charge in [-0.3, -0.25) is 0 Å². The Morgan fingerprint density at radius 3 is 1.22 bits per heavy atom. The van der Waals surface area contributed by atoms with Crippen molar-refractivity contribution in [3.8, 4) is 0 Å². The van der Waals surface area contributed by atoms with Gasteiger partial charge >= 0.3 is 0 Å². The van der Waals surface area contributed by atoms with Gasteiger partial charge in [-0.2, -0.15) is 0 Å². The highest BCUT2D eigenvalue weighted by molar-refractivity contribution is 4.75. The number of hydrogen-bond donors (Lipinski definition) is 0. The van der Waals surface area contributed by atoms with Gasteiger partial charge in [0.2, 0.25) is 0 Å². The first-order valence-electron chi connectivity index (χ1n) is 17.7. The minimum Gasteiger partial charge on any atom is -0.0654 e. The van der Waals surface area contributed by atoms with Crippen LogP contribution in [0.15, 0.2) is 0 Å². The van der Waals surface area contributed by atoms with E-state index in [2.05, 4.69) is 27.7 Å². The van der Waals surface area contributed by atoms with Crippen molar-refractivity contribution in [1.29, 1.82) is 0 Å². The highest BCUT2D eigenvalue weighted by atomic mass is 14.3. The zero-order valence-corrected chi connectivity index (χ0v) is 26.1. The molecular formula is C36H72. The summed E-state index contributed by atoms with van der Waals surface area (Å²) in [4.78, 5) is 0. The van der Waals surface area contributed by atoms with Crippen molar-refractivity contribution < 1.29 is 0 Å². The van der Waals surface area contributed by atoms with Gasteiger partial charge in [-0.05, 0) is 23.7 Å². The van der Waals surface area contributed by atoms with Crippen molar-refractivity contribution in [2.45, 2.75) is 207 Å². The molecule has 0 heterocycles. The lowest BCUT2D eigenvalue weighted by Crippen LogP contribution is -2.19. The van der Waals surface area contributed by atoms with E-state index in [9.17, 15) is 0 Å². The van der Waals surface area contributed by atoms with Gasteiger partial charge in [-0.15, -0.1) is 0 Å². The zero-order chi connectivity index (χ0) is 26.1. The summed E-state index contributed by atoms with van der Waals surface area (Å²) in [5, 5.41) is 0. The first-order chi connectivity index (χ1) is 17.7. The van der Waals surface area contributed by atoms with E-state index in [-0.39, 0.29) is 0 Å². The Morgan fingerprint density at radius 2 is 0.778 bits per heavy atom. The third kappa shape index (κ3) is 20.0. The fraction of sp³-hybridized carbons (Fsp3) is 1.00. The first-order valence-corrected chi connectivity index (χ1v) is 17.7. The molecule has 1 saturated carbocycles. The second-order valence-corrected chi connectivity index (χ2v) is 13.4. The van der Waals surface area contributed by atoms with E-state index in [1.807, 2.05) is 0 Å². The fourth-order valence-electron chi connectivity index (χ4n) is 7.12. The second kappa shape index (κ2) is 25.3. The molecule has 0 heteroatoms. The summed E-state index contributed by atoms with van der Waals surface area (Å²) < 4.78 is 0. The average molecular weight is 505 g/mol. The molecule has 0 aromatic carbocycles. The Labute approximate surface area is 231 Å². The van der Waals surface area contributed by atoms with Crippen LogP contribution < -0.4 is 0 Å². The van der Waals surface area contributed by atoms with Crippen molar-refractivity contribution in [3.05, 3.63) is 0 Å². The van der Waals surface area contributed by atoms with Crippen LogP contribution in [0.4, 0.5) is 0 Å². The van der Waals surface area contributed by atoms with Gasteiger partial charge in [-0.25, -0.2) is 0 Å². The summed E-state index contributed by atoms with van der Waals surface area (Å²) >= 11 is 0. The van der Waals surface area contributed by atoms with Gasteiger partial charge in [0.25, 0.3) is 0 Å². The van der Waals surface area contributed by atoms with E-state index < -0.39 is 0 Å². The topological polar surface area (TPSA) is 0 Å². The Balaban J connectivity index is 1.78. The molecule has 0 bridgehead atoms. The molecule has 0 nitrogen and oxygen atoms in total. The van der Waals surface area contributed by atoms with Crippen LogP contribution in [-0.2, 0) is 0 Å². The molecule has 0 N–H and O–H groups in total. The van der Waals surface area contributed by atoms with Gasteiger partial charge in [0.1, 0.15) is 0 Å². The molecule has 1 rings (SSSR count). The monoisotopic (exact) mass is 505 g/mol. The summed E-state index contributed by atoms with van der Waals surface area (Å²) in [5.41, 5.74) is 0. The molecular weight excluding hydrogens is 432 g/mol. The largest absolute Gasteiger partial charge is 0.0654 e. The van der Waals surface area contributed by atoms with Crippen LogP contribution in [-0.4, -0.2) is 0 Å². The van der Waals surface area contributed by atoms with Crippen molar-refractivity contribution in [2.24, 2.45) is 23.7 Å². The van der Waals surface area contributed by atoms with E-state index >= 15 is 0 Å². The average Bonchev–Trinajstić information content (AvgIpc) is 2.88. The van der Waals surface area contributed by atoms with E-state index in [0.29, 0.717) is 0 Å². The Morgan fingerprint density at radius 1 is 0.417 bits per heavy atom. The van der Waals surface area contributed by atoms with Crippen molar-refractivity contribution in [3.63, 3.8) is 0 Å². The molecule has 1 aliphatic carbocycles. The molecule has 36 heavy (non-hydrogen) atoms. The molecule has 4 unspecified atom stereocenters. The van der Waals surface area contributed by atoms with Gasteiger partial charge in [-0.1, -0.05) is 207 Å². The summed E-state index contributed by atoms with van der Waals surface area (Å²) in [6.45, 7) is 9.62. The molecule has 1 aliphatic rings. The molecule has 0 aromatic heterocycles. The van der Waals surface area contributed by atoms with Gasteiger partial charge in [0.05, 0.1) is 0 Å². The normalized spacial score (nSPS) is 20.0. The standard InChI is InChI=1S/C36H72/c1-5-7-29-35-31-23-24-32-36(35)30-20-18-16-14-12-10-8-9-11-13-15-17-19-26-34(4)28-22-21-27-33(3)25-6-2/h33-36H,5-32H2,1-4H3. The summed E-state index contributed by atoms with van der Waals surface area (Å²) in [6, 6.07) is 0. The molecule has 0 saturated heterocycles. The van der Waals surface area contributed by atoms with E-state index in [4.69, 9.17) is 0 Å². The SMILES string of the molecule is CCCCC1CCCCC1CCCCCCCCCCCCCCCC(C)CCCCC(C)CCC. The van der Waals surface area contributed by atoms with Crippen molar-refractivity contribution in [1.82, 2.24) is 0 Å². The predicted octanol–water partition coefficient (Wildman–Crippen LogP) is 13.5. The van der Waals surface area contributed by atoms with E-state index in [1.165, 1.54) is 161 Å². The van der Waals surface area contributed by atoms with Gasteiger partial charge < -0.3 is 0 Å². The molecule has 0 aliphatic heterocycles. The van der Waals surface area contributed by atoms with Crippen LogP contribution >= 0.6 is 0 Å². The summed E-state index contributed by atoms with van der Waals surface area (Å²) in [6.07, 6.45) is 41.6. The molecule has 0 radical (unpaired) electrons. The highest BCUT2D eigenvalue weighted by Crippen LogP contribution is 2.36. The lowest BCUT2D eigenvalue weighted by atomic mass is 9.74. The molecule has 0 aromatic rings. The predicted molar refractivity (Wildman–Crippen MR) is 166 cm³/mol. The van der Waals surface area contributed by atoms with Gasteiger partial charge in [0, 0.05) is 0 Å². The molecule has 0 spiro atoms. The van der Waals surface area contributed by atoms with Crippen LogP contribution in [0.2, 0.25) is 0 Å². The summed E-state index contributed by atoms with van der Waals surface area (Å²) in [7, 11) is 0. The third-order valence-corrected chi connectivity index (χ3v) is 9.69. The number of unbranched alkanes of at least 4 members (excludes halogenated alkanes) is 14. The Hall–Kier alpha value is 0. The van der Waals surface area contributed by atoms with Crippen LogP contribution in [0.5, 0.6) is 0 Å². The number of hydrogen-bond acceptors (Lipinski definition) is 0. The molecule has 0 amide bonds. The number of rotatable bonds is 26. The highest BCUT2D eigenvalue weighted by Gasteiger charge is 2.23. The molecule has 216 valence electrons. The maximum absolute atomic E-state index is 2.50. The van der Waals surface area contributed by atoms with Gasteiger partial charge in [0.15, 0.2) is 0 Å². The third-order valence-electron chi connectivity index (χ3n) is 9.69. The van der Waals surface area contributed by atoms with Crippen LogP contribution in [0.1, 0.15) is 207 Å². The summed E-state index contributed by atoms with van der Waals surface area (Å²) in [5.74, 6) is 4.08. The zero-order valence-electron chi connectivity index (χ0n) is 26.1. The van der Waals surface area contributed by atoms with Crippen molar-refractivity contribution >= 4 is 0 Å². The van der Waals surface area contributed by atoms with E-state index in [1.54, 1.807) is 19.3 Å². The maximum Gasteiger partial charge on any atom is -0.0386 e. The Kier molecular flexibility index (Phi) is 23.9. The first kappa shape index (κ1) is 34.0. The van der Waals surface area contributed by atoms with Crippen molar-refractivity contribution in [2.75, 3.05) is 0 Å². The van der Waals surface area contributed by atoms with Crippen LogP contribution in [0.3, 0.4) is 0 Å². The van der Waals surface area contributed by atoms with E-state index in [0.717, 1.165) is 23.7 Å². The minimum atomic E-state index is 0.953. The van der Waals surface area contributed by atoms with Crippen LogP contribution in [0.25, 0.3) is 0 Å².